The maximum absolute atomic E-state index is 14.0. The molecule has 0 saturated carbocycles. The van der Waals surface area contributed by atoms with E-state index in [-0.39, 0.29) is 12.1 Å². The first-order valence-electron chi connectivity index (χ1n) is 7.25. The SMILES string of the molecule is O=C(NCc1ccc2ccccc2c1)c1cccc([N+](=O)[O-])c1F. The lowest BCUT2D eigenvalue weighted by atomic mass is 10.1. The van der Waals surface area contributed by atoms with E-state index in [1.54, 1.807) is 0 Å². The van der Waals surface area contributed by atoms with Crippen molar-refractivity contribution in [3.8, 4) is 0 Å². The summed E-state index contributed by atoms with van der Waals surface area (Å²) >= 11 is 0. The first-order valence-corrected chi connectivity index (χ1v) is 7.25. The molecule has 1 amide bonds. The fourth-order valence-corrected chi connectivity index (χ4v) is 2.46. The molecule has 0 aliphatic rings. The van der Waals surface area contributed by atoms with Crippen LogP contribution in [0.2, 0.25) is 0 Å². The van der Waals surface area contributed by atoms with E-state index in [4.69, 9.17) is 0 Å². The Balaban J connectivity index is 1.77. The van der Waals surface area contributed by atoms with Gasteiger partial charge < -0.3 is 5.32 Å². The van der Waals surface area contributed by atoms with E-state index in [0.717, 1.165) is 22.4 Å². The van der Waals surface area contributed by atoms with Crippen molar-refractivity contribution in [3.05, 3.63) is 87.7 Å². The lowest BCUT2D eigenvalue weighted by Crippen LogP contribution is -2.24. The molecule has 3 rings (SSSR count). The summed E-state index contributed by atoms with van der Waals surface area (Å²) in [5.41, 5.74) is -0.203. The summed E-state index contributed by atoms with van der Waals surface area (Å²) in [5.74, 6) is -1.82. The highest BCUT2D eigenvalue weighted by atomic mass is 19.1. The van der Waals surface area contributed by atoms with Crippen LogP contribution in [0.25, 0.3) is 10.8 Å². The van der Waals surface area contributed by atoms with E-state index in [9.17, 15) is 19.3 Å². The third-order valence-corrected chi connectivity index (χ3v) is 3.69. The van der Waals surface area contributed by atoms with Crippen molar-refractivity contribution in [1.82, 2.24) is 5.32 Å². The average Bonchev–Trinajstić information content (AvgIpc) is 2.59. The van der Waals surface area contributed by atoms with Gasteiger partial charge in [0.25, 0.3) is 5.91 Å². The molecule has 0 aliphatic heterocycles. The molecule has 0 heterocycles. The molecule has 6 heteroatoms. The molecular weight excluding hydrogens is 311 g/mol. The lowest BCUT2D eigenvalue weighted by molar-refractivity contribution is -0.387. The normalized spacial score (nSPS) is 10.5. The maximum Gasteiger partial charge on any atom is 0.305 e. The number of fused-ring (bicyclic) bond motifs is 1. The van der Waals surface area contributed by atoms with Gasteiger partial charge in [0.15, 0.2) is 0 Å². The van der Waals surface area contributed by atoms with Crippen molar-refractivity contribution in [2.75, 3.05) is 0 Å². The van der Waals surface area contributed by atoms with Crippen LogP contribution in [-0.2, 0) is 6.54 Å². The number of carbonyl (C=O) groups excluding carboxylic acids is 1. The van der Waals surface area contributed by atoms with Gasteiger partial charge in [-0.15, -0.1) is 0 Å². The maximum atomic E-state index is 14.0. The minimum Gasteiger partial charge on any atom is -0.348 e. The second-order valence-corrected chi connectivity index (χ2v) is 5.26. The molecule has 1 N–H and O–H groups in total. The molecule has 0 bridgehead atoms. The van der Waals surface area contributed by atoms with Crippen molar-refractivity contribution in [3.63, 3.8) is 0 Å². The summed E-state index contributed by atoms with van der Waals surface area (Å²) in [6.07, 6.45) is 0. The fourth-order valence-electron chi connectivity index (χ4n) is 2.46. The van der Waals surface area contributed by atoms with Crippen LogP contribution < -0.4 is 5.32 Å². The Morgan fingerprint density at radius 2 is 1.79 bits per heavy atom. The molecule has 0 atom stereocenters. The Labute approximate surface area is 136 Å². The van der Waals surface area contributed by atoms with Gasteiger partial charge in [-0.25, -0.2) is 0 Å². The quantitative estimate of drug-likeness (QED) is 0.586. The van der Waals surface area contributed by atoms with Gasteiger partial charge >= 0.3 is 5.69 Å². The summed E-state index contributed by atoms with van der Waals surface area (Å²) in [6, 6.07) is 17.1. The highest BCUT2D eigenvalue weighted by Gasteiger charge is 2.21. The van der Waals surface area contributed by atoms with E-state index in [1.807, 2.05) is 42.5 Å². The number of nitrogens with one attached hydrogen (secondary N) is 1. The van der Waals surface area contributed by atoms with Gasteiger partial charge in [-0.2, -0.15) is 4.39 Å². The molecule has 120 valence electrons. The van der Waals surface area contributed by atoms with E-state index < -0.39 is 22.3 Å². The molecule has 0 spiro atoms. The molecule has 0 aromatic heterocycles. The number of benzene rings is 3. The third-order valence-electron chi connectivity index (χ3n) is 3.69. The number of amides is 1. The number of hydrogen-bond acceptors (Lipinski definition) is 3. The molecule has 0 radical (unpaired) electrons. The third kappa shape index (κ3) is 3.08. The van der Waals surface area contributed by atoms with E-state index in [1.165, 1.54) is 12.1 Å². The van der Waals surface area contributed by atoms with Crippen LogP contribution in [0.4, 0.5) is 10.1 Å². The highest BCUT2D eigenvalue weighted by Crippen LogP contribution is 2.20. The summed E-state index contributed by atoms with van der Waals surface area (Å²) in [4.78, 5) is 22.0. The first kappa shape index (κ1) is 15.6. The van der Waals surface area contributed by atoms with Crippen LogP contribution in [0.5, 0.6) is 0 Å². The van der Waals surface area contributed by atoms with Gasteiger partial charge in [0.05, 0.1) is 10.5 Å². The lowest BCUT2D eigenvalue weighted by Gasteiger charge is -2.07. The Hall–Kier alpha value is -3.28. The fraction of sp³-hybridized carbons (Fsp3) is 0.0556. The monoisotopic (exact) mass is 324 g/mol. The smallest absolute Gasteiger partial charge is 0.305 e. The topological polar surface area (TPSA) is 72.2 Å². The Morgan fingerprint density at radius 1 is 1.04 bits per heavy atom. The van der Waals surface area contributed by atoms with Gasteiger partial charge in [0.2, 0.25) is 5.82 Å². The Morgan fingerprint density at radius 3 is 2.54 bits per heavy atom. The van der Waals surface area contributed by atoms with Crippen molar-refractivity contribution in [1.29, 1.82) is 0 Å². The molecule has 0 unspecified atom stereocenters. The van der Waals surface area contributed by atoms with Crippen LogP contribution >= 0.6 is 0 Å². The molecule has 0 fully saturated rings. The van der Waals surface area contributed by atoms with Gasteiger partial charge in [-0.3, -0.25) is 14.9 Å². The summed E-state index contributed by atoms with van der Waals surface area (Å²) in [6.45, 7) is 0.200. The van der Waals surface area contributed by atoms with Crippen LogP contribution in [0, 0.1) is 15.9 Å². The van der Waals surface area contributed by atoms with Gasteiger partial charge in [-0.05, 0) is 28.5 Å². The minimum atomic E-state index is -1.13. The van der Waals surface area contributed by atoms with Gasteiger partial charge in [0.1, 0.15) is 0 Å². The summed E-state index contributed by atoms with van der Waals surface area (Å²) in [5, 5.41) is 15.4. The van der Waals surface area contributed by atoms with Crippen LogP contribution in [-0.4, -0.2) is 10.8 Å². The number of halogens is 1. The number of nitro benzene ring substituents is 1. The zero-order valence-corrected chi connectivity index (χ0v) is 12.5. The second kappa shape index (κ2) is 6.45. The van der Waals surface area contributed by atoms with E-state index in [0.29, 0.717) is 0 Å². The zero-order valence-electron chi connectivity index (χ0n) is 12.5. The summed E-state index contributed by atoms with van der Waals surface area (Å²) in [7, 11) is 0. The van der Waals surface area contributed by atoms with Crippen LogP contribution in [0.1, 0.15) is 15.9 Å². The van der Waals surface area contributed by atoms with Crippen molar-refractivity contribution < 1.29 is 14.1 Å². The van der Waals surface area contributed by atoms with E-state index in [2.05, 4.69) is 5.32 Å². The van der Waals surface area contributed by atoms with Crippen LogP contribution in [0.15, 0.2) is 60.7 Å². The predicted octanol–water partition coefficient (Wildman–Crippen LogP) is 3.82. The molecule has 0 aliphatic carbocycles. The molecule has 3 aromatic carbocycles. The van der Waals surface area contributed by atoms with E-state index >= 15 is 0 Å². The molecule has 24 heavy (non-hydrogen) atoms. The predicted molar refractivity (Wildman–Crippen MR) is 88.2 cm³/mol. The number of carbonyl (C=O) groups is 1. The van der Waals surface area contributed by atoms with Crippen LogP contribution in [0.3, 0.4) is 0 Å². The van der Waals surface area contributed by atoms with Crippen molar-refractivity contribution >= 4 is 22.4 Å². The summed E-state index contributed by atoms with van der Waals surface area (Å²) < 4.78 is 14.0. The van der Waals surface area contributed by atoms with Crippen molar-refractivity contribution in [2.24, 2.45) is 0 Å². The Bertz CT molecular complexity index is 940. The van der Waals surface area contributed by atoms with Gasteiger partial charge in [0, 0.05) is 12.6 Å². The number of nitro groups is 1. The number of hydrogen-bond donors (Lipinski definition) is 1. The largest absolute Gasteiger partial charge is 0.348 e. The highest BCUT2D eigenvalue weighted by molar-refractivity contribution is 5.95. The Kier molecular flexibility index (Phi) is 4.20. The van der Waals surface area contributed by atoms with Gasteiger partial charge in [-0.1, -0.05) is 42.5 Å². The standard InChI is InChI=1S/C18H13FN2O3/c19-17-15(6-3-7-16(17)21(23)24)18(22)20-11-12-8-9-13-4-1-2-5-14(13)10-12/h1-10H,11H2,(H,20,22). The average molecular weight is 324 g/mol. The zero-order chi connectivity index (χ0) is 17.1. The number of rotatable bonds is 4. The molecular formula is C18H13FN2O3. The van der Waals surface area contributed by atoms with Crippen molar-refractivity contribution in [2.45, 2.75) is 6.54 Å². The number of nitrogens with zero attached hydrogens (tertiary/aromatic N) is 1. The first-order chi connectivity index (χ1) is 11.6. The molecule has 0 saturated heterocycles. The second-order valence-electron chi connectivity index (χ2n) is 5.26. The molecule has 3 aromatic rings. The molecule has 5 nitrogen and oxygen atoms in total. The minimum absolute atomic E-state index is 0.200.